The van der Waals surface area contributed by atoms with Gasteiger partial charge >= 0.3 is 0 Å². The van der Waals surface area contributed by atoms with Crippen LogP contribution in [0.1, 0.15) is 45.6 Å². The van der Waals surface area contributed by atoms with Gasteiger partial charge in [-0.2, -0.15) is 5.26 Å². The molecule has 1 aliphatic rings. The molecule has 0 aliphatic carbocycles. The van der Waals surface area contributed by atoms with Gasteiger partial charge in [-0.1, -0.05) is 54.1 Å². The Balaban J connectivity index is 1.17. The number of aromatic nitrogens is 2. The third-order valence-electron chi connectivity index (χ3n) is 7.08. The topological polar surface area (TPSA) is 100 Å². The fourth-order valence-electron chi connectivity index (χ4n) is 4.89. The number of hydrogen-bond acceptors (Lipinski definition) is 6. The lowest BCUT2D eigenvalue weighted by Crippen LogP contribution is -2.40. The maximum Gasteiger partial charge on any atom is 0.260 e. The van der Waals surface area contributed by atoms with Crippen molar-refractivity contribution in [1.29, 1.82) is 5.26 Å². The van der Waals surface area contributed by atoms with Crippen molar-refractivity contribution in [2.24, 2.45) is 0 Å². The number of halogens is 1. The molecule has 4 aromatic rings. The van der Waals surface area contributed by atoms with E-state index in [9.17, 15) is 14.9 Å². The first-order valence-corrected chi connectivity index (χ1v) is 13.9. The molecule has 0 unspecified atom stereocenters. The first-order chi connectivity index (χ1) is 20.0. The van der Waals surface area contributed by atoms with Crippen LogP contribution < -0.4 is 10.1 Å². The monoisotopic (exact) mass is 567 g/mol. The Morgan fingerprint density at radius 2 is 1.95 bits per heavy atom. The molecule has 1 N–H and O–H groups in total. The highest BCUT2D eigenvalue weighted by Gasteiger charge is 2.35. The van der Waals surface area contributed by atoms with Gasteiger partial charge in [0, 0.05) is 36.4 Å². The Bertz CT molecular complexity index is 1560. The van der Waals surface area contributed by atoms with Crippen LogP contribution in [0.2, 0.25) is 5.02 Å². The number of ether oxygens (including phenoxy) is 1. The predicted molar refractivity (Wildman–Crippen MR) is 155 cm³/mol. The second-order valence-corrected chi connectivity index (χ2v) is 10.4. The van der Waals surface area contributed by atoms with Crippen LogP contribution in [-0.4, -0.2) is 45.5 Å². The molecule has 2 amide bonds. The van der Waals surface area contributed by atoms with Crippen LogP contribution in [0.15, 0.2) is 85.3 Å². The van der Waals surface area contributed by atoms with Crippen molar-refractivity contribution < 1.29 is 14.3 Å². The average molecular weight is 568 g/mol. The number of nitriles is 1. The van der Waals surface area contributed by atoms with E-state index in [-0.39, 0.29) is 11.8 Å². The van der Waals surface area contributed by atoms with Crippen LogP contribution in [0, 0.1) is 11.3 Å². The maximum atomic E-state index is 13.0. The molecule has 1 atom stereocenters. The van der Waals surface area contributed by atoms with Gasteiger partial charge in [-0.05, 0) is 60.7 Å². The Morgan fingerprint density at radius 3 is 2.76 bits per heavy atom. The van der Waals surface area contributed by atoms with Gasteiger partial charge < -0.3 is 14.6 Å². The summed E-state index contributed by atoms with van der Waals surface area (Å²) in [4.78, 5) is 31.4. The van der Waals surface area contributed by atoms with Crippen molar-refractivity contribution in [2.75, 3.05) is 13.2 Å². The SMILES string of the molecule is N#Cc1ccc(Cn2cncc2CN[C@H]2CCN(C(=O)c3cccc(Cl)c3)C2=O)cc1OCCCc1ccccc1. The minimum Gasteiger partial charge on any atom is -0.492 e. The number of rotatable bonds is 11. The van der Waals surface area contributed by atoms with Gasteiger partial charge in [0.25, 0.3) is 5.91 Å². The van der Waals surface area contributed by atoms with Crippen LogP contribution in [0.3, 0.4) is 0 Å². The first-order valence-electron chi connectivity index (χ1n) is 13.6. The molecule has 0 bridgehead atoms. The molecule has 2 heterocycles. The Labute approximate surface area is 244 Å². The summed E-state index contributed by atoms with van der Waals surface area (Å²) in [7, 11) is 0. The number of nitrogens with one attached hydrogen (secondary N) is 1. The molecule has 1 saturated heterocycles. The maximum absolute atomic E-state index is 13.0. The Morgan fingerprint density at radius 1 is 1.10 bits per heavy atom. The van der Waals surface area contributed by atoms with E-state index in [0.29, 0.717) is 54.6 Å². The van der Waals surface area contributed by atoms with Crippen LogP contribution in [0.4, 0.5) is 0 Å². The quantitative estimate of drug-likeness (QED) is 0.202. The van der Waals surface area contributed by atoms with Crippen LogP contribution in [0.25, 0.3) is 0 Å². The highest BCUT2D eigenvalue weighted by atomic mass is 35.5. The van der Waals surface area contributed by atoms with Gasteiger partial charge in [0.15, 0.2) is 0 Å². The Hall–Kier alpha value is -4.45. The van der Waals surface area contributed by atoms with Gasteiger partial charge in [-0.3, -0.25) is 14.5 Å². The minimum absolute atomic E-state index is 0.248. The van der Waals surface area contributed by atoms with Crippen molar-refractivity contribution in [3.8, 4) is 11.8 Å². The number of carbonyl (C=O) groups is 2. The summed E-state index contributed by atoms with van der Waals surface area (Å²) >= 11 is 6.02. The van der Waals surface area contributed by atoms with E-state index >= 15 is 0 Å². The van der Waals surface area contributed by atoms with Crippen molar-refractivity contribution in [2.45, 2.75) is 38.4 Å². The number of likely N-dealkylation sites (tertiary alicyclic amines) is 1. The molecular weight excluding hydrogens is 538 g/mol. The molecule has 3 aromatic carbocycles. The van der Waals surface area contributed by atoms with Crippen molar-refractivity contribution in [3.63, 3.8) is 0 Å². The smallest absolute Gasteiger partial charge is 0.260 e. The van der Waals surface area contributed by atoms with E-state index in [4.69, 9.17) is 16.3 Å². The fraction of sp³-hybridized carbons (Fsp3) is 0.250. The van der Waals surface area contributed by atoms with Gasteiger partial charge in [-0.15, -0.1) is 0 Å². The normalized spacial score (nSPS) is 14.7. The largest absolute Gasteiger partial charge is 0.492 e. The molecule has 9 heteroatoms. The molecule has 1 aromatic heterocycles. The molecule has 5 rings (SSSR count). The lowest BCUT2D eigenvalue weighted by Gasteiger charge is -2.16. The van der Waals surface area contributed by atoms with Crippen LogP contribution in [0.5, 0.6) is 5.75 Å². The van der Waals surface area contributed by atoms with E-state index in [2.05, 4.69) is 28.5 Å². The summed E-state index contributed by atoms with van der Waals surface area (Å²) in [6, 6.07) is 24.2. The average Bonchev–Trinajstić information content (AvgIpc) is 3.59. The van der Waals surface area contributed by atoms with Crippen molar-refractivity contribution in [1.82, 2.24) is 19.8 Å². The second-order valence-electron chi connectivity index (χ2n) is 9.92. The van der Waals surface area contributed by atoms with E-state index < -0.39 is 6.04 Å². The summed E-state index contributed by atoms with van der Waals surface area (Å²) in [5, 5.41) is 13.3. The highest BCUT2D eigenvalue weighted by Crippen LogP contribution is 2.22. The van der Waals surface area contributed by atoms with Crippen molar-refractivity contribution >= 4 is 23.4 Å². The van der Waals surface area contributed by atoms with E-state index in [1.165, 1.54) is 10.5 Å². The minimum atomic E-state index is -0.465. The first kappa shape index (κ1) is 28.1. The number of nitrogens with zero attached hydrogens (tertiary/aromatic N) is 4. The third kappa shape index (κ3) is 7.01. The number of imide groups is 1. The summed E-state index contributed by atoms with van der Waals surface area (Å²) in [6.45, 7) is 1.80. The standard InChI is InChI=1S/C32H30ClN5O3/c33-27-10-4-9-25(17-27)31(39)38-14-13-29(32(38)40)36-20-28-19-35-22-37(28)21-24-11-12-26(18-34)30(16-24)41-15-5-8-23-6-2-1-3-7-23/h1-4,6-7,9-12,16-17,19,22,29,36H,5,8,13-15,20-21H2/t29-/m0/s1. The number of aryl methyl sites for hydroxylation is 1. The van der Waals surface area contributed by atoms with Gasteiger partial charge in [0.1, 0.15) is 11.8 Å². The van der Waals surface area contributed by atoms with E-state index in [0.717, 1.165) is 24.1 Å². The highest BCUT2D eigenvalue weighted by molar-refractivity contribution is 6.31. The lowest BCUT2D eigenvalue weighted by molar-refractivity contribution is -0.127. The summed E-state index contributed by atoms with van der Waals surface area (Å²) in [5.41, 5.74) is 4.01. The number of carbonyl (C=O) groups excluding carboxylic acids is 2. The molecule has 8 nitrogen and oxygen atoms in total. The second kappa shape index (κ2) is 13.3. The third-order valence-corrected chi connectivity index (χ3v) is 7.31. The fourth-order valence-corrected chi connectivity index (χ4v) is 5.08. The summed E-state index contributed by atoms with van der Waals surface area (Å²) in [6.07, 6.45) is 5.77. The zero-order valence-corrected chi connectivity index (χ0v) is 23.3. The molecule has 1 fully saturated rings. The molecule has 0 radical (unpaired) electrons. The van der Waals surface area contributed by atoms with Crippen LogP contribution >= 0.6 is 11.6 Å². The van der Waals surface area contributed by atoms with Gasteiger partial charge in [0.2, 0.25) is 5.91 Å². The van der Waals surface area contributed by atoms with E-state index in [1.807, 2.05) is 34.9 Å². The summed E-state index contributed by atoms with van der Waals surface area (Å²) < 4.78 is 7.99. The van der Waals surface area contributed by atoms with Gasteiger partial charge in [0.05, 0.1) is 30.2 Å². The molecule has 0 spiro atoms. The van der Waals surface area contributed by atoms with Crippen LogP contribution in [-0.2, 0) is 24.3 Å². The zero-order valence-electron chi connectivity index (χ0n) is 22.5. The molecule has 1 aliphatic heterocycles. The van der Waals surface area contributed by atoms with Gasteiger partial charge in [-0.25, -0.2) is 4.98 Å². The number of benzene rings is 3. The number of hydrogen-bond donors (Lipinski definition) is 1. The number of amides is 2. The van der Waals surface area contributed by atoms with E-state index in [1.54, 1.807) is 42.9 Å². The zero-order chi connectivity index (χ0) is 28.6. The summed E-state index contributed by atoms with van der Waals surface area (Å²) in [5.74, 6) is -0.0215. The Kier molecular flexibility index (Phi) is 9.09. The molecular formula is C32H30ClN5O3. The lowest BCUT2D eigenvalue weighted by atomic mass is 10.1. The number of imidazole rings is 1. The molecule has 208 valence electrons. The molecule has 41 heavy (non-hydrogen) atoms. The predicted octanol–water partition coefficient (Wildman–Crippen LogP) is 5.00. The van der Waals surface area contributed by atoms with Crippen molar-refractivity contribution in [3.05, 3.63) is 118 Å². The molecule has 0 saturated carbocycles.